The molecule has 0 aromatic carbocycles. The summed E-state index contributed by atoms with van der Waals surface area (Å²) in [5, 5.41) is 3.58. The van der Waals surface area contributed by atoms with Crippen LogP contribution in [-0.2, 0) is 0 Å². The molecule has 0 saturated heterocycles. The van der Waals surface area contributed by atoms with Crippen LogP contribution < -0.4 is 5.32 Å². The monoisotopic (exact) mass is 216 g/mol. The van der Waals surface area contributed by atoms with Crippen molar-refractivity contribution in [3.8, 4) is 0 Å². The largest absolute Gasteiger partial charge is 0.348 e. The number of allylic oxidation sites excluding steroid dienone is 2. The van der Waals surface area contributed by atoms with Crippen molar-refractivity contribution in [1.82, 2.24) is 5.32 Å². The van der Waals surface area contributed by atoms with Gasteiger partial charge < -0.3 is 5.32 Å². The van der Waals surface area contributed by atoms with Crippen molar-refractivity contribution in [2.24, 2.45) is 0 Å². The summed E-state index contributed by atoms with van der Waals surface area (Å²) in [5.74, 6) is 0. The van der Waals surface area contributed by atoms with Crippen LogP contribution in [0.1, 0.15) is 0 Å². The lowest BCUT2D eigenvalue weighted by Crippen LogP contribution is -2.17. The maximum absolute atomic E-state index is 5.58. The Hall–Kier alpha value is 0.440. The van der Waals surface area contributed by atoms with Crippen LogP contribution in [0.2, 0.25) is 0 Å². The molecular formula is C5H2Cl4N. The Morgan fingerprint density at radius 1 is 1.10 bits per heavy atom. The highest BCUT2D eigenvalue weighted by Crippen LogP contribution is 2.30. The number of halogens is 4. The van der Waals surface area contributed by atoms with Crippen molar-refractivity contribution >= 4 is 46.4 Å². The van der Waals surface area contributed by atoms with Crippen LogP contribution in [0.25, 0.3) is 0 Å². The molecule has 0 aliphatic carbocycles. The summed E-state index contributed by atoms with van der Waals surface area (Å²) >= 11 is 22.3. The van der Waals surface area contributed by atoms with E-state index in [-0.39, 0.29) is 10.7 Å². The average Bonchev–Trinajstić information content (AvgIpc) is 1.84. The van der Waals surface area contributed by atoms with E-state index < -0.39 is 0 Å². The molecule has 1 nitrogen and oxygen atoms in total. The highest BCUT2D eigenvalue weighted by atomic mass is 35.5. The Kier molecular flexibility index (Phi) is 2.75. The zero-order valence-corrected chi connectivity index (χ0v) is 7.61. The van der Waals surface area contributed by atoms with Gasteiger partial charge in [-0.05, 0) is 6.08 Å². The molecule has 0 spiro atoms. The Bertz CT molecular complexity index is 208. The first kappa shape index (κ1) is 8.54. The molecule has 1 aliphatic heterocycles. The van der Waals surface area contributed by atoms with Gasteiger partial charge in [0.25, 0.3) is 0 Å². The second-order valence-corrected chi connectivity index (χ2v) is 3.16. The van der Waals surface area contributed by atoms with Gasteiger partial charge in [0, 0.05) is 0 Å². The lowest BCUT2D eigenvalue weighted by atomic mass is 10.4. The smallest absolute Gasteiger partial charge is 0.192 e. The van der Waals surface area contributed by atoms with E-state index in [1.54, 1.807) is 0 Å². The van der Waals surface area contributed by atoms with Crippen LogP contribution in [0.4, 0.5) is 0 Å². The topological polar surface area (TPSA) is 12.0 Å². The molecule has 0 bridgehead atoms. The lowest BCUT2D eigenvalue weighted by Gasteiger charge is -2.14. The molecule has 5 heteroatoms. The summed E-state index contributed by atoms with van der Waals surface area (Å²) in [6, 6.07) is 0. The molecule has 0 atom stereocenters. The van der Waals surface area contributed by atoms with Gasteiger partial charge in [-0.25, -0.2) is 0 Å². The Morgan fingerprint density at radius 2 is 1.70 bits per heavy atom. The van der Waals surface area contributed by atoms with Crippen molar-refractivity contribution < 1.29 is 0 Å². The van der Waals surface area contributed by atoms with Crippen LogP contribution in [0.15, 0.2) is 21.3 Å². The molecule has 1 radical (unpaired) electrons. The minimum absolute atomic E-state index is 0.288. The van der Waals surface area contributed by atoms with Gasteiger partial charge in [0.05, 0.1) is 10.1 Å². The second-order valence-electron chi connectivity index (χ2n) is 1.59. The van der Waals surface area contributed by atoms with E-state index >= 15 is 0 Å². The van der Waals surface area contributed by atoms with Crippen molar-refractivity contribution in [2.45, 2.75) is 0 Å². The van der Waals surface area contributed by atoms with Crippen LogP contribution >= 0.6 is 46.4 Å². The van der Waals surface area contributed by atoms with Gasteiger partial charge in [-0.3, -0.25) is 0 Å². The zero-order valence-electron chi connectivity index (χ0n) is 4.59. The molecule has 0 aromatic heterocycles. The Labute approximate surface area is 78.6 Å². The summed E-state index contributed by atoms with van der Waals surface area (Å²) < 4.78 is 0. The average molecular weight is 218 g/mol. The van der Waals surface area contributed by atoms with Crippen molar-refractivity contribution in [1.29, 1.82) is 0 Å². The maximum Gasteiger partial charge on any atom is 0.192 e. The van der Waals surface area contributed by atoms with E-state index in [1.165, 1.54) is 6.08 Å². The molecule has 0 unspecified atom stereocenters. The van der Waals surface area contributed by atoms with E-state index in [0.29, 0.717) is 10.1 Å². The van der Waals surface area contributed by atoms with E-state index in [2.05, 4.69) is 5.32 Å². The zero-order chi connectivity index (χ0) is 7.72. The van der Waals surface area contributed by atoms with Crippen LogP contribution in [-0.4, -0.2) is 0 Å². The number of rotatable bonds is 0. The molecule has 0 fully saturated rings. The third-order valence-electron chi connectivity index (χ3n) is 0.892. The van der Waals surface area contributed by atoms with Crippen molar-refractivity contribution in [3.05, 3.63) is 26.8 Å². The molecule has 0 aromatic rings. The molecule has 0 amide bonds. The number of nitrogens with one attached hydrogen (secondary N) is 1. The number of hydrogen-bond acceptors (Lipinski definition) is 1. The quantitative estimate of drug-likeness (QED) is 0.616. The van der Waals surface area contributed by atoms with Gasteiger partial charge in [0.1, 0.15) is 5.16 Å². The first-order valence-corrected chi connectivity index (χ1v) is 3.85. The minimum Gasteiger partial charge on any atom is -0.348 e. The standard InChI is InChI=1S/C5H2Cl4N/c6-2-1-3(7)5(9)10-4(2)8/h1,10H. The fraction of sp³-hybridized carbons (Fsp3) is 0. The minimum atomic E-state index is 0.288. The summed E-state index contributed by atoms with van der Waals surface area (Å²) in [4.78, 5) is 0. The molecule has 10 heavy (non-hydrogen) atoms. The summed E-state index contributed by atoms with van der Waals surface area (Å²) in [5.41, 5.74) is 0.288. The summed E-state index contributed by atoms with van der Waals surface area (Å²) in [7, 11) is 0. The predicted octanol–water partition coefficient (Wildman–Crippen LogP) is 3.09. The van der Waals surface area contributed by atoms with Crippen LogP contribution in [0.5, 0.6) is 0 Å². The van der Waals surface area contributed by atoms with Gasteiger partial charge >= 0.3 is 0 Å². The van der Waals surface area contributed by atoms with E-state index in [9.17, 15) is 0 Å². The van der Waals surface area contributed by atoms with Crippen molar-refractivity contribution in [3.63, 3.8) is 0 Å². The first-order chi connectivity index (χ1) is 4.61. The molecule has 1 rings (SSSR count). The van der Waals surface area contributed by atoms with E-state index in [4.69, 9.17) is 46.4 Å². The SMILES string of the molecule is Cl[C]1NC(Cl)=C(Cl)C=C1Cl. The third-order valence-corrected chi connectivity index (χ3v) is 2.28. The lowest BCUT2D eigenvalue weighted by molar-refractivity contribution is 1.00. The number of hydrogen-bond donors (Lipinski definition) is 1. The van der Waals surface area contributed by atoms with E-state index in [1.807, 2.05) is 0 Å². The fourth-order valence-electron chi connectivity index (χ4n) is 0.454. The van der Waals surface area contributed by atoms with Crippen LogP contribution in [0, 0.1) is 5.50 Å². The van der Waals surface area contributed by atoms with Gasteiger partial charge in [-0.2, -0.15) is 0 Å². The molecule has 1 aliphatic rings. The third kappa shape index (κ3) is 1.73. The Balaban J connectivity index is 2.88. The predicted molar refractivity (Wildman–Crippen MR) is 44.9 cm³/mol. The normalized spacial score (nSPS) is 20.6. The van der Waals surface area contributed by atoms with Gasteiger partial charge in [-0.1, -0.05) is 46.4 Å². The van der Waals surface area contributed by atoms with Crippen LogP contribution in [0.3, 0.4) is 0 Å². The molecule has 55 valence electrons. The fourth-order valence-corrected chi connectivity index (χ4v) is 1.17. The Morgan fingerprint density at radius 3 is 2.20 bits per heavy atom. The van der Waals surface area contributed by atoms with Crippen molar-refractivity contribution in [2.75, 3.05) is 0 Å². The highest BCUT2D eigenvalue weighted by Gasteiger charge is 2.17. The maximum atomic E-state index is 5.58. The van der Waals surface area contributed by atoms with Gasteiger partial charge in [0.2, 0.25) is 0 Å². The highest BCUT2D eigenvalue weighted by molar-refractivity contribution is 6.46. The van der Waals surface area contributed by atoms with Gasteiger partial charge in [0.15, 0.2) is 5.50 Å². The second kappa shape index (κ2) is 3.22. The number of dihydropyridines is 1. The molecule has 1 heterocycles. The molecule has 0 saturated carbocycles. The molecular weight excluding hydrogens is 216 g/mol. The summed E-state index contributed by atoms with van der Waals surface area (Å²) in [6.07, 6.45) is 1.48. The van der Waals surface area contributed by atoms with Gasteiger partial charge in [-0.15, -0.1) is 0 Å². The van der Waals surface area contributed by atoms with E-state index in [0.717, 1.165) is 0 Å². The molecule has 1 N–H and O–H groups in total. The first-order valence-electron chi connectivity index (χ1n) is 2.33. The summed E-state index contributed by atoms with van der Waals surface area (Å²) in [6.45, 7) is 0.